The Kier molecular flexibility index (Phi) is 3.69. The van der Waals surface area contributed by atoms with Crippen LogP contribution in [-0.2, 0) is 6.61 Å². The molecule has 0 radical (unpaired) electrons. The summed E-state index contributed by atoms with van der Waals surface area (Å²) in [4.78, 5) is 4.34. The minimum Gasteiger partial charge on any atom is -0.390 e. The second-order valence-corrected chi connectivity index (χ2v) is 5.59. The van der Waals surface area contributed by atoms with Crippen LogP contribution in [0.3, 0.4) is 0 Å². The number of aromatic nitrogens is 2. The lowest BCUT2D eigenvalue weighted by Gasteiger charge is -2.26. The molecule has 0 saturated heterocycles. The summed E-state index contributed by atoms with van der Waals surface area (Å²) in [7, 11) is 0. The van der Waals surface area contributed by atoms with E-state index in [9.17, 15) is 15.6 Å². The lowest BCUT2D eigenvalue weighted by Crippen LogP contribution is -2.24. The van der Waals surface area contributed by atoms with Crippen molar-refractivity contribution in [3.05, 3.63) is 40.7 Å². The number of nitrogens with zero attached hydrogens (tertiary/aromatic N) is 4. The van der Waals surface area contributed by atoms with E-state index in [1.807, 2.05) is 25.1 Å². The number of H-pyrrole nitrogens is 1. The zero-order chi connectivity index (χ0) is 16.6. The Bertz CT molecular complexity index is 923. The molecule has 0 aliphatic carbocycles. The average Bonchev–Trinajstić information content (AvgIpc) is 2.96. The predicted molar refractivity (Wildman–Crippen MR) is 85.3 cm³/mol. The van der Waals surface area contributed by atoms with E-state index in [-0.39, 0.29) is 12.5 Å². The molecule has 0 bridgehead atoms. The van der Waals surface area contributed by atoms with E-state index < -0.39 is 5.92 Å². The van der Waals surface area contributed by atoms with Crippen LogP contribution >= 0.6 is 0 Å². The Morgan fingerprint density at radius 2 is 2.09 bits per heavy atom. The van der Waals surface area contributed by atoms with Crippen LogP contribution in [0.25, 0.3) is 10.9 Å². The molecular weight excluding hydrogens is 290 g/mol. The van der Waals surface area contributed by atoms with E-state index in [2.05, 4.69) is 27.3 Å². The third kappa shape index (κ3) is 2.30. The maximum Gasteiger partial charge on any atom is 0.0973 e. The van der Waals surface area contributed by atoms with Crippen LogP contribution in [0.4, 0.5) is 0 Å². The molecule has 1 aliphatic rings. The summed E-state index contributed by atoms with van der Waals surface area (Å²) in [5, 5.41) is 36.2. The van der Waals surface area contributed by atoms with Crippen molar-refractivity contribution in [2.75, 3.05) is 0 Å². The Morgan fingerprint density at radius 1 is 1.30 bits per heavy atom. The molecule has 2 aromatic rings. The highest BCUT2D eigenvalue weighted by Crippen LogP contribution is 2.39. The van der Waals surface area contributed by atoms with Crippen LogP contribution in [-0.4, -0.2) is 21.0 Å². The van der Waals surface area contributed by atoms with Gasteiger partial charge in [0.25, 0.3) is 0 Å². The number of hydrogen-bond donors (Lipinski definition) is 2. The number of hydrogen-bond acceptors (Lipinski definition) is 5. The van der Waals surface area contributed by atoms with Crippen molar-refractivity contribution < 1.29 is 5.11 Å². The molecular formula is C17H15N5O. The lowest BCUT2D eigenvalue weighted by atomic mass is 9.76. The van der Waals surface area contributed by atoms with E-state index in [1.54, 1.807) is 6.92 Å². The van der Waals surface area contributed by atoms with Crippen molar-refractivity contribution in [2.45, 2.75) is 26.4 Å². The molecule has 2 N–H and O–H groups in total. The van der Waals surface area contributed by atoms with Crippen molar-refractivity contribution >= 4 is 16.6 Å². The minimum atomic E-state index is -0.477. The number of aromatic amines is 1. The van der Waals surface area contributed by atoms with Crippen LogP contribution < -0.4 is 0 Å². The van der Waals surface area contributed by atoms with Crippen LogP contribution in [0.15, 0.2) is 34.5 Å². The molecule has 1 aromatic heterocycles. The van der Waals surface area contributed by atoms with Gasteiger partial charge in [0, 0.05) is 17.0 Å². The number of rotatable bonds is 2. The highest BCUT2D eigenvalue weighted by molar-refractivity contribution is 5.91. The molecule has 0 spiro atoms. The van der Waals surface area contributed by atoms with Crippen molar-refractivity contribution in [3.63, 3.8) is 0 Å². The van der Waals surface area contributed by atoms with E-state index in [0.29, 0.717) is 22.7 Å². The van der Waals surface area contributed by atoms with Crippen LogP contribution in [0.2, 0.25) is 0 Å². The fourth-order valence-electron chi connectivity index (χ4n) is 3.10. The SMILES string of the molecule is CC1=NC(C)=C(C#N)C(c2ccc3n[nH]c(CO)c3c2)C1C#N. The first-order valence-corrected chi connectivity index (χ1v) is 7.24. The summed E-state index contributed by atoms with van der Waals surface area (Å²) in [6, 6.07) is 10.1. The number of nitrogens with one attached hydrogen (secondary N) is 1. The van der Waals surface area contributed by atoms with E-state index >= 15 is 0 Å². The first kappa shape index (κ1) is 15.0. The quantitative estimate of drug-likeness (QED) is 0.888. The minimum absolute atomic E-state index is 0.146. The van der Waals surface area contributed by atoms with Crippen molar-refractivity contribution in [1.29, 1.82) is 10.5 Å². The van der Waals surface area contributed by atoms with E-state index in [0.717, 1.165) is 16.5 Å². The van der Waals surface area contributed by atoms with Crippen LogP contribution in [0.1, 0.15) is 31.0 Å². The summed E-state index contributed by atoms with van der Waals surface area (Å²) in [6.07, 6.45) is 0. The number of nitriles is 2. The molecule has 2 heterocycles. The molecule has 0 fully saturated rings. The molecule has 0 saturated carbocycles. The molecule has 3 rings (SSSR count). The summed E-state index contributed by atoms with van der Waals surface area (Å²) in [6.45, 7) is 3.46. The third-order valence-electron chi connectivity index (χ3n) is 4.26. The maximum atomic E-state index is 9.55. The van der Waals surface area contributed by atoms with Crippen molar-refractivity contribution in [1.82, 2.24) is 10.2 Å². The fourth-order valence-corrected chi connectivity index (χ4v) is 3.10. The van der Waals surface area contributed by atoms with Gasteiger partial charge in [-0.2, -0.15) is 15.6 Å². The van der Waals surface area contributed by atoms with Crippen LogP contribution in [0.5, 0.6) is 0 Å². The standard InChI is InChI=1S/C17H15N5O/c1-9-13(6-18)17(14(7-19)10(2)20-9)11-3-4-15-12(5-11)16(8-23)22-21-15/h3-5,13,17,23H,8H2,1-2H3,(H,21,22). The van der Waals surface area contributed by atoms with Gasteiger partial charge >= 0.3 is 0 Å². The van der Waals surface area contributed by atoms with Gasteiger partial charge in [0.15, 0.2) is 0 Å². The van der Waals surface area contributed by atoms with E-state index in [1.165, 1.54) is 0 Å². The Labute approximate surface area is 133 Å². The summed E-state index contributed by atoms with van der Waals surface area (Å²) < 4.78 is 0. The van der Waals surface area contributed by atoms with Crippen LogP contribution in [0, 0.1) is 28.6 Å². The number of aliphatic imine (C=N–C) groups is 1. The third-order valence-corrected chi connectivity index (χ3v) is 4.26. The Hall–Kier alpha value is -2.96. The second kappa shape index (κ2) is 5.68. The number of aliphatic hydroxyl groups excluding tert-OH is 1. The van der Waals surface area contributed by atoms with Gasteiger partial charge in [-0.15, -0.1) is 0 Å². The summed E-state index contributed by atoms with van der Waals surface area (Å²) in [5.41, 5.74) is 4.09. The first-order valence-electron chi connectivity index (χ1n) is 7.24. The number of allylic oxidation sites excluding steroid dienone is 2. The van der Waals surface area contributed by atoms with Gasteiger partial charge in [0.1, 0.15) is 0 Å². The highest BCUT2D eigenvalue weighted by atomic mass is 16.3. The molecule has 2 atom stereocenters. The Balaban J connectivity index is 2.21. The Morgan fingerprint density at radius 3 is 2.74 bits per heavy atom. The maximum absolute atomic E-state index is 9.55. The largest absolute Gasteiger partial charge is 0.390 e. The molecule has 114 valence electrons. The van der Waals surface area contributed by atoms with Crippen molar-refractivity contribution in [3.8, 4) is 12.1 Å². The summed E-state index contributed by atoms with van der Waals surface area (Å²) >= 11 is 0. The van der Waals surface area contributed by atoms with Gasteiger partial charge in [-0.05, 0) is 31.5 Å². The zero-order valence-electron chi connectivity index (χ0n) is 12.8. The molecule has 23 heavy (non-hydrogen) atoms. The fraction of sp³-hybridized carbons (Fsp3) is 0.294. The zero-order valence-corrected chi connectivity index (χ0v) is 12.8. The van der Waals surface area contributed by atoms with E-state index in [4.69, 9.17) is 0 Å². The van der Waals surface area contributed by atoms with Crippen molar-refractivity contribution in [2.24, 2.45) is 10.9 Å². The lowest BCUT2D eigenvalue weighted by molar-refractivity contribution is 0.278. The van der Waals surface area contributed by atoms with Gasteiger partial charge in [-0.25, -0.2) is 0 Å². The normalized spacial score (nSPS) is 21.0. The molecule has 0 amide bonds. The predicted octanol–water partition coefficient (Wildman–Crippen LogP) is 2.55. The smallest absolute Gasteiger partial charge is 0.0973 e. The molecule has 6 nitrogen and oxygen atoms in total. The van der Waals surface area contributed by atoms with Gasteiger partial charge in [0.2, 0.25) is 0 Å². The monoisotopic (exact) mass is 305 g/mol. The van der Waals surface area contributed by atoms with Gasteiger partial charge in [0.05, 0.1) is 47.1 Å². The molecule has 1 aliphatic heterocycles. The molecule has 6 heteroatoms. The summed E-state index contributed by atoms with van der Waals surface area (Å²) in [5.74, 6) is -0.830. The highest BCUT2D eigenvalue weighted by Gasteiger charge is 2.34. The average molecular weight is 305 g/mol. The second-order valence-electron chi connectivity index (χ2n) is 5.59. The number of fused-ring (bicyclic) bond motifs is 1. The molecule has 2 unspecified atom stereocenters. The van der Waals surface area contributed by atoms with Gasteiger partial charge in [-0.3, -0.25) is 10.1 Å². The van der Waals surface area contributed by atoms with Gasteiger partial charge in [-0.1, -0.05) is 6.07 Å². The number of aliphatic hydroxyl groups is 1. The number of benzene rings is 1. The first-order chi connectivity index (χ1) is 11.1. The molecule has 1 aromatic carbocycles. The van der Waals surface area contributed by atoms with Gasteiger partial charge < -0.3 is 5.11 Å². The topological polar surface area (TPSA) is 109 Å².